The fourth-order valence-corrected chi connectivity index (χ4v) is 1.60. The summed E-state index contributed by atoms with van der Waals surface area (Å²) in [5.41, 5.74) is 2.34. The minimum atomic E-state index is -0.334. The van der Waals surface area contributed by atoms with Gasteiger partial charge in [0.05, 0.1) is 6.61 Å². The molecule has 19 heavy (non-hydrogen) atoms. The molecule has 0 saturated heterocycles. The number of aryl methyl sites for hydroxylation is 1. The molecule has 3 nitrogen and oxygen atoms in total. The Balaban J connectivity index is 2.57. The Bertz CT molecular complexity index is 447. The molecule has 1 aromatic rings. The molecule has 0 fully saturated rings. The number of esters is 1. The Hall–Kier alpha value is -1.77. The van der Waals surface area contributed by atoms with E-state index in [-0.39, 0.29) is 5.97 Å². The Morgan fingerprint density at radius 3 is 2.74 bits per heavy atom. The van der Waals surface area contributed by atoms with Gasteiger partial charge in [-0.25, -0.2) is 4.79 Å². The molecule has 0 aliphatic carbocycles. The summed E-state index contributed by atoms with van der Waals surface area (Å²) < 4.78 is 10.4. The Labute approximate surface area is 115 Å². The molecule has 0 heterocycles. The van der Waals surface area contributed by atoms with Crippen molar-refractivity contribution in [1.82, 2.24) is 0 Å². The van der Waals surface area contributed by atoms with Crippen molar-refractivity contribution in [2.45, 2.75) is 33.6 Å². The summed E-state index contributed by atoms with van der Waals surface area (Å²) in [6.45, 7) is 8.84. The van der Waals surface area contributed by atoms with Crippen molar-refractivity contribution in [2.75, 3.05) is 13.2 Å². The van der Waals surface area contributed by atoms with Crippen LogP contribution in [0.2, 0.25) is 0 Å². The van der Waals surface area contributed by atoms with Crippen LogP contribution < -0.4 is 4.74 Å². The third-order valence-corrected chi connectivity index (χ3v) is 2.75. The molecule has 3 heteroatoms. The second-order valence-corrected chi connectivity index (χ2v) is 4.65. The van der Waals surface area contributed by atoms with Crippen molar-refractivity contribution in [2.24, 2.45) is 0 Å². The van der Waals surface area contributed by atoms with Gasteiger partial charge in [-0.2, -0.15) is 0 Å². The van der Waals surface area contributed by atoms with Gasteiger partial charge in [0, 0.05) is 6.08 Å². The molecule has 0 atom stereocenters. The van der Waals surface area contributed by atoms with Crippen LogP contribution in [0.3, 0.4) is 0 Å². The third-order valence-electron chi connectivity index (χ3n) is 2.75. The largest absolute Gasteiger partial charge is 0.489 e. The van der Waals surface area contributed by atoms with Crippen LogP contribution in [-0.2, 0) is 9.53 Å². The summed E-state index contributed by atoms with van der Waals surface area (Å²) in [5.74, 6) is 0.997. The van der Waals surface area contributed by atoms with Gasteiger partial charge in [-0.15, -0.1) is 0 Å². The van der Waals surface area contributed by atoms with Gasteiger partial charge in [0.2, 0.25) is 0 Å². The molecule has 0 spiro atoms. The zero-order chi connectivity index (χ0) is 14.3. The Morgan fingerprint density at radius 2 is 2.11 bits per heavy atom. The minimum Gasteiger partial charge on any atom is -0.489 e. The lowest BCUT2D eigenvalue weighted by molar-refractivity contribution is -0.137. The highest BCUT2D eigenvalue weighted by Crippen LogP contribution is 2.24. The first-order chi connectivity index (χ1) is 9.04. The number of rotatable bonds is 6. The average molecular weight is 262 g/mol. The lowest BCUT2D eigenvalue weighted by atomic mass is 10.0. The number of carbonyl (C=O) groups excluding carboxylic acids is 1. The lowest BCUT2D eigenvalue weighted by Gasteiger charge is -2.11. The van der Waals surface area contributed by atoms with Gasteiger partial charge in [-0.1, -0.05) is 26.0 Å². The molecule has 104 valence electrons. The smallest absolute Gasteiger partial charge is 0.330 e. The maximum Gasteiger partial charge on any atom is 0.330 e. The summed E-state index contributed by atoms with van der Waals surface area (Å²) in [6.07, 6.45) is 3.06. The average Bonchev–Trinajstić information content (AvgIpc) is 2.36. The minimum absolute atomic E-state index is 0.334. The second kappa shape index (κ2) is 7.62. The predicted octanol–water partition coefficient (Wildman–Crippen LogP) is 3.62. The maximum absolute atomic E-state index is 11.1. The predicted molar refractivity (Wildman–Crippen MR) is 76.5 cm³/mol. The number of carbonyl (C=O) groups is 1. The van der Waals surface area contributed by atoms with E-state index in [1.165, 1.54) is 11.6 Å². The lowest BCUT2D eigenvalue weighted by Crippen LogP contribution is -2.01. The molecular formula is C16H22O3. The summed E-state index contributed by atoms with van der Waals surface area (Å²) in [5, 5.41) is 0. The highest BCUT2D eigenvalue weighted by molar-refractivity contribution is 5.81. The van der Waals surface area contributed by atoms with Gasteiger partial charge in [0.1, 0.15) is 12.4 Å². The van der Waals surface area contributed by atoms with E-state index in [0.717, 1.165) is 11.3 Å². The molecule has 0 bridgehead atoms. The van der Waals surface area contributed by atoms with Crippen molar-refractivity contribution in [3.05, 3.63) is 41.5 Å². The standard InChI is InChI=1S/C16H22O3/c1-5-18-16(17)7-6-10-19-15-11-14(12(2)3)9-8-13(15)4/h6-9,11-12H,5,10H2,1-4H3/b7-6+. The van der Waals surface area contributed by atoms with Crippen LogP contribution in [0, 0.1) is 6.92 Å². The van der Waals surface area contributed by atoms with Crippen LogP contribution in [0.1, 0.15) is 37.8 Å². The summed E-state index contributed by atoms with van der Waals surface area (Å²) >= 11 is 0. The molecule has 0 unspecified atom stereocenters. The zero-order valence-electron chi connectivity index (χ0n) is 12.1. The molecular weight excluding hydrogens is 240 g/mol. The van der Waals surface area contributed by atoms with Crippen molar-refractivity contribution in [3.63, 3.8) is 0 Å². The molecule has 1 aromatic carbocycles. The van der Waals surface area contributed by atoms with Gasteiger partial charge in [0.25, 0.3) is 0 Å². The summed E-state index contributed by atoms with van der Waals surface area (Å²) in [6, 6.07) is 6.22. The summed E-state index contributed by atoms with van der Waals surface area (Å²) in [4.78, 5) is 11.1. The highest BCUT2D eigenvalue weighted by atomic mass is 16.5. The van der Waals surface area contributed by atoms with Crippen LogP contribution >= 0.6 is 0 Å². The first-order valence-electron chi connectivity index (χ1n) is 6.61. The van der Waals surface area contributed by atoms with Crippen molar-refractivity contribution < 1.29 is 14.3 Å². The molecule has 0 amide bonds. The topological polar surface area (TPSA) is 35.5 Å². The van der Waals surface area contributed by atoms with Crippen LogP contribution in [-0.4, -0.2) is 19.2 Å². The molecule has 0 N–H and O–H groups in total. The number of hydrogen-bond acceptors (Lipinski definition) is 3. The highest BCUT2D eigenvalue weighted by Gasteiger charge is 2.04. The van der Waals surface area contributed by atoms with E-state index >= 15 is 0 Å². The van der Waals surface area contributed by atoms with Crippen LogP contribution in [0.25, 0.3) is 0 Å². The first kappa shape index (κ1) is 15.3. The maximum atomic E-state index is 11.1. The normalized spacial score (nSPS) is 11.0. The van der Waals surface area contributed by atoms with Crippen LogP contribution in [0.4, 0.5) is 0 Å². The molecule has 1 rings (SSSR count). The van der Waals surface area contributed by atoms with Crippen LogP contribution in [0.15, 0.2) is 30.4 Å². The molecule has 0 saturated carbocycles. The van der Waals surface area contributed by atoms with E-state index < -0.39 is 0 Å². The van der Waals surface area contributed by atoms with E-state index in [2.05, 4.69) is 32.0 Å². The Kier molecular flexibility index (Phi) is 6.13. The van der Waals surface area contributed by atoms with Gasteiger partial charge in [0.15, 0.2) is 0 Å². The molecule has 0 radical (unpaired) electrons. The van der Waals surface area contributed by atoms with Gasteiger partial charge in [-0.05, 0) is 43.0 Å². The van der Waals surface area contributed by atoms with E-state index in [1.54, 1.807) is 13.0 Å². The quantitative estimate of drug-likeness (QED) is 0.580. The molecule has 0 aliphatic heterocycles. The fourth-order valence-electron chi connectivity index (χ4n) is 1.60. The van der Waals surface area contributed by atoms with Crippen molar-refractivity contribution in [1.29, 1.82) is 0 Å². The monoisotopic (exact) mass is 262 g/mol. The summed E-state index contributed by atoms with van der Waals surface area (Å²) in [7, 11) is 0. The number of hydrogen-bond donors (Lipinski definition) is 0. The second-order valence-electron chi connectivity index (χ2n) is 4.65. The van der Waals surface area contributed by atoms with Crippen molar-refractivity contribution >= 4 is 5.97 Å². The van der Waals surface area contributed by atoms with Crippen molar-refractivity contribution in [3.8, 4) is 5.75 Å². The fraction of sp³-hybridized carbons (Fsp3) is 0.438. The van der Waals surface area contributed by atoms with E-state index in [9.17, 15) is 4.79 Å². The van der Waals surface area contributed by atoms with Gasteiger partial charge >= 0.3 is 5.97 Å². The SMILES string of the molecule is CCOC(=O)/C=C/COc1cc(C(C)C)ccc1C. The molecule has 0 aromatic heterocycles. The van der Waals surface area contributed by atoms with Gasteiger partial charge < -0.3 is 9.47 Å². The first-order valence-corrected chi connectivity index (χ1v) is 6.61. The molecule has 0 aliphatic rings. The zero-order valence-corrected chi connectivity index (χ0v) is 12.1. The number of ether oxygens (including phenoxy) is 2. The Morgan fingerprint density at radius 1 is 1.37 bits per heavy atom. The van der Waals surface area contributed by atoms with E-state index in [1.807, 2.05) is 6.92 Å². The number of benzene rings is 1. The van der Waals surface area contributed by atoms with E-state index in [4.69, 9.17) is 9.47 Å². The van der Waals surface area contributed by atoms with Gasteiger partial charge in [-0.3, -0.25) is 0 Å². The van der Waals surface area contributed by atoms with E-state index in [0.29, 0.717) is 19.1 Å². The van der Waals surface area contributed by atoms with Crippen LogP contribution in [0.5, 0.6) is 5.75 Å². The third kappa shape index (κ3) is 5.16.